The van der Waals surface area contributed by atoms with Crippen LogP contribution < -0.4 is 5.32 Å². The van der Waals surface area contributed by atoms with E-state index in [0.29, 0.717) is 31.2 Å². The summed E-state index contributed by atoms with van der Waals surface area (Å²) < 4.78 is 23.0. The summed E-state index contributed by atoms with van der Waals surface area (Å²) in [6.07, 6.45) is 18.0. The highest BCUT2D eigenvalue weighted by Gasteiger charge is 2.59. The lowest BCUT2D eigenvalue weighted by Gasteiger charge is -2.58. The zero-order chi connectivity index (χ0) is 37.0. The van der Waals surface area contributed by atoms with Gasteiger partial charge in [-0.2, -0.15) is 0 Å². The third kappa shape index (κ3) is 9.35. The minimum absolute atomic E-state index is 0.0751. The first-order valence-corrected chi connectivity index (χ1v) is 22.0. The van der Waals surface area contributed by atoms with Crippen LogP contribution in [0.4, 0.5) is 4.79 Å². The van der Waals surface area contributed by atoms with Crippen molar-refractivity contribution in [3.05, 3.63) is 24.0 Å². The molecule has 3 N–H and O–H groups in total. The topological polar surface area (TPSA) is 125 Å². The van der Waals surface area contributed by atoms with Crippen LogP contribution in [-0.2, 0) is 18.6 Å². The van der Waals surface area contributed by atoms with Crippen LogP contribution in [-0.4, -0.2) is 64.8 Å². The molecule has 11 atom stereocenters. The Balaban J connectivity index is 1.02. The predicted octanol–water partition coefficient (Wildman–Crippen LogP) is 8.99. The zero-order valence-electron chi connectivity index (χ0n) is 32.3. The summed E-state index contributed by atoms with van der Waals surface area (Å²) in [6.45, 7) is 16.2. The Morgan fingerprint density at radius 1 is 1.06 bits per heavy atom. The van der Waals surface area contributed by atoms with E-state index in [9.17, 15) is 24.2 Å². The number of carbonyl (C=O) groups excluding carboxylic acids is 2. The quantitative estimate of drug-likeness (QED) is 0.0822. The van der Waals surface area contributed by atoms with Gasteiger partial charge in [-0.05, 0) is 111 Å². The van der Waals surface area contributed by atoms with E-state index >= 15 is 0 Å². The Kier molecular flexibility index (Phi) is 13.7. The van der Waals surface area contributed by atoms with E-state index in [1.807, 2.05) is 0 Å². The van der Waals surface area contributed by atoms with E-state index in [1.54, 1.807) is 4.90 Å². The third-order valence-corrected chi connectivity index (χ3v) is 15.4. The molecule has 6 unspecified atom stereocenters. The molecule has 1 saturated heterocycles. The van der Waals surface area contributed by atoms with Gasteiger partial charge in [0, 0.05) is 31.7 Å². The highest BCUT2D eigenvalue weighted by atomic mass is 31.2. The standard InChI is InChI=1S/C41H69N2O7P/c1-7-51(47,48)50-33-25-31(27-44)43(26-33)38(45)14-9-8-10-23-42-39(46)49-32-19-21-40(5)30(24-32)15-16-34-36-18-17-35(29(4)13-11-12-28(2)3)41(36,6)22-20-37(34)40/h7,15,28-29,31-37,44H,1,8-14,16-27H2,2-6H3,(H,42,46)(H,47,48)/t29?,31-,32-,33+,34?,35?,36?,37?,40-,41+/m0/s1. The van der Waals surface area contributed by atoms with Crippen molar-refractivity contribution in [3.8, 4) is 0 Å². The van der Waals surface area contributed by atoms with Crippen LogP contribution >= 0.6 is 7.60 Å². The van der Waals surface area contributed by atoms with E-state index in [1.165, 1.54) is 56.9 Å². The molecular weight excluding hydrogens is 663 g/mol. The summed E-state index contributed by atoms with van der Waals surface area (Å²) >= 11 is 0. The number of unbranched alkanes of at least 4 members (excludes halogenated alkanes) is 2. The second-order valence-electron chi connectivity index (χ2n) is 17.9. The van der Waals surface area contributed by atoms with Crippen molar-refractivity contribution in [3.63, 3.8) is 0 Å². The van der Waals surface area contributed by atoms with Gasteiger partial charge < -0.3 is 29.5 Å². The molecule has 10 heteroatoms. The second-order valence-corrected chi connectivity index (χ2v) is 19.6. The van der Waals surface area contributed by atoms with Crippen LogP contribution in [0, 0.1) is 46.3 Å². The largest absolute Gasteiger partial charge is 0.446 e. The molecule has 0 bridgehead atoms. The van der Waals surface area contributed by atoms with Crippen molar-refractivity contribution in [2.45, 2.75) is 156 Å². The smallest absolute Gasteiger partial charge is 0.407 e. The summed E-state index contributed by atoms with van der Waals surface area (Å²) in [5, 5.41) is 12.6. The highest BCUT2D eigenvalue weighted by Crippen LogP contribution is 2.67. The molecule has 2 amide bonds. The second kappa shape index (κ2) is 17.2. The highest BCUT2D eigenvalue weighted by molar-refractivity contribution is 7.56. The molecule has 3 saturated carbocycles. The lowest BCUT2D eigenvalue weighted by Crippen LogP contribution is -2.51. The number of nitrogens with one attached hydrogen (secondary N) is 1. The summed E-state index contributed by atoms with van der Waals surface area (Å²) in [7, 11) is -3.90. The fourth-order valence-corrected chi connectivity index (χ4v) is 12.2. The molecule has 5 aliphatic rings. The monoisotopic (exact) mass is 732 g/mol. The van der Waals surface area contributed by atoms with E-state index in [4.69, 9.17) is 9.26 Å². The molecule has 5 rings (SSSR count). The SMILES string of the molecule is C=CP(=O)(O)O[C@@H]1C[C@@H](CO)N(C(=O)CCCCCNC(=O)O[C@H]2CC[C@@]3(C)C(=CCC4C5CCC(C(C)CCCC(C)C)[C@@]5(C)CCC43)C2)C1. The van der Waals surface area contributed by atoms with E-state index in [0.717, 1.165) is 73.4 Å². The average Bonchev–Trinajstić information content (AvgIpc) is 3.66. The Morgan fingerprint density at radius 3 is 2.57 bits per heavy atom. The predicted molar refractivity (Wildman–Crippen MR) is 202 cm³/mol. The van der Waals surface area contributed by atoms with Crippen molar-refractivity contribution in [1.82, 2.24) is 10.2 Å². The van der Waals surface area contributed by atoms with Crippen LogP contribution in [0.3, 0.4) is 0 Å². The number of hydrogen-bond acceptors (Lipinski definition) is 6. The molecule has 0 aromatic heterocycles. The maximum absolute atomic E-state index is 12.8. The van der Waals surface area contributed by atoms with Gasteiger partial charge in [0.05, 0.1) is 18.8 Å². The minimum atomic E-state index is -3.90. The number of alkyl carbamates (subject to hydrolysis) is 1. The first-order valence-electron chi connectivity index (χ1n) is 20.4. The van der Waals surface area contributed by atoms with Gasteiger partial charge in [-0.25, -0.2) is 4.79 Å². The molecule has 0 spiro atoms. The average molecular weight is 733 g/mol. The molecule has 9 nitrogen and oxygen atoms in total. The van der Waals surface area contributed by atoms with Crippen LogP contribution in [0.1, 0.15) is 137 Å². The molecule has 4 aliphatic carbocycles. The van der Waals surface area contributed by atoms with E-state index in [2.05, 4.69) is 52.6 Å². The molecule has 0 aromatic rings. The molecule has 51 heavy (non-hydrogen) atoms. The van der Waals surface area contributed by atoms with Crippen molar-refractivity contribution >= 4 is 19.6 Å². The summed E-state index contributed by atoms with van der Waals surface area (Å²) in [5.41, 5.74) is 2.25. The maximum Gasteiger partial charge on any atom is 0.407 e. The summed E-state index contributed by atoms with van der Waals surface area (Å²) in [5.74, 6) is 5.66. The van der Waals surface area contributed by atoms with Gasteiger partial charge in [-0.3, -0.25) is 9.36 Å². The molecule has 1 aliphatic heterocycles. The van der Waals surface area contributed by atoms with Gasteiger partial charge in [0.25, 0.3) is 0 Å². The van der Waals surface area contributed by atoms with Crippen LogP contribution in [0.5, 0.6) is 0 Å². The molecule has 0 aromatic carbocycles. The van der Waals surface area contributed by atoms with Gasteiger partial charge in [0.2, 0.25) is 5.91 Å². The molecule has 290 valence electrons. The van der Waals surface area contributed by atoms with Gasteiger partial charge in [0.1, 0.15) is 6.10 Å². The molecule has 1 heterocycles. The van der Waals surface area contributed by atoms with Crippen molar-refractivity contribution < 1.29 is 33.4 Å². The van der Waals surface area contributed by atoms with Gasteiger partial charge in [0.15, 0.2) is 0 Å². The van der Waals surface area contributed by atoms with Crippen molar-refractivity contribution in [2.24, 2.45) is 46.3 Å². The zero-order valence-corrected chi connectivity index (χ0v) is 33.2. The first-order chi connectivity index (χ1) is 24.2. The Hall–Kier alpha value is -1.67. The number of aliphatic hydroxyl groups is 1. The van der Waals surface area contributed by atoms with Crippen LogP contribution in [0.15, 0.2) is 24.0 Å². The Bertz CT molecular complexity index is 1300. The van der Waals surface area contributed by atoms with E-state index in [-0.39, 0.29) is 36.7 Å². The van der Waals surface area contributed by atoms with Gasteiger partial charge >= 0.3 is 13.7 Å². The van der Waals surface area contributed by atoms with Crippen LogP contribution in [0.2, 0.25) is 0 Å². The normalized spacial score (nSPS) is 36.4. The van der Waals surface area contributed by atoms with Crippen molar-refractivity contribution in [1.29, 1.82) is 0 Å². The first kappa shape index (κ1) is 40.5. The number of fused-ring (bicyclic) bond motifs is 5. The van der Waals surface area contributed by atoms with Crippen molar-refractivity contribution in [2.75, 3.05) is 19.7 Å². The number of allylic oxidation sites excluding steroid dienone is 1. The van der Waals surface area contributed by atoms with Crippen LogP contribution in [0.25, 0.3) is 0 Å². The molecule has 4 fully saturated rings. The van der Waals surface area contributed by atoms with Gasteiger partial charge in [-0.1, -0.05) is 78.5 Å². The molecule has 0 radical (unpaired) electrons. The summed E-state index contributed by atoms with van der Waals surface area (Å²) in [6, 6.07) is -0.427. The lowest BCUT2D eigenvalue weighted by atomic mass is 9.47. The van der Waals surface area contributed by atoms with Gasteiger partial charge in [-0.15, -0.1) is 0 Å². The number of carbonyl (C=O) groups is 2. The maximum atomic E-state index is 12.8. The minimum Gasteiger partial charge on any atom is -0.446 e. The number of ether oxygens (including phenoxy) is 1. The van der Waals surface area contributed by atoms with E-state index < -0.39 is 19.7 Å². The number of rotatable bonds is 16. The molecular formula is C41H69N2O7P. The Labute approximate surface area is 308 Å². The fourth-order valence-electron chi connectivity index (χ4n) is 11.5. The Morgan fingerprint density at radius 2 is 1.84 bits per heavy atom. The fraction of sp³-hybridized carbons (Fsp3) is 0.854. The number of hydrogen-bond donors (Lipinski definition) is 3. The number of likely N-dealkylation sites (tertiary alicyclic amines) is 1. The lowest BCUT2D eigenvalue weighted by molar-refractivity contribution is -0.133. The third-order valence-electron chi connectivity index (χ3n) is 14.3. The number of aliphatic hydroxyl groups excluding tert-OH is 1. The number of nitrogens with zero attached hydrogens (tertiary/aromatic N) is 1. The number of amides is 2. The summed E-state index contributed by atoms with van der Waals surface area (Å²) in [4.78, 5) is 36.8.